The number of nitriles is 1. The molecule has 0 bridgehead atoms. The molecule has 0 spiro atoms. The van der Waals surface area contributed by atoms with Crippen LogP contribution in [0.3, 0.4) is 0 Å². The van der Waals surface area contributed by atoms with Crippen molar-refractivity contribution in [3.8, 4) is 6.07 Å². The summed E-state index contributed by atoms with van der Waals surface area (Å²) in [7, 11) is 3.18. The van der Waals surface area contributed by atoms with Gasteiger partial charge in [-0.15, -0.1) is 0 Å². The Labute approximate surface area is 79.8 Å². The van der Waals surface area contributed by atoms with E-state index < -0.39 is 0 Å². The monoisotopic (exact) mass is 186 g/mol. The molecular weight excluding hydrogens is 168 g/mol. The fraction of sp³-hybridized carbons (Fsp3) is 0.889. The molecule has 0 aliphatic rings. The summed E-state index contributed by atoms with van der Waals surface area (Å²) in [6, 6.07) is 2.21. The highest BCUT2D eigenvalue weighted by Gasteiger charge is 2.16. The Kier molecular flexibility index (Phi) is 5.63. The van der Waals surface area contributed by atoms with Crippen LogP contribution >= 0.6 is 0 Å². The molecule has 1 N–H and O–H groups in total. The van der Waals surface area contributed by atoms with E-state index in [1.807, 2.05) is 13.8 Å². The lowest BCUT2D eigenvalue weighted by atomic mass is 9.96. The molecule has 4 nitrogen and oxygen atoms in total. The third-order valence-corrected chi connectivity index (χ3v) is 1.71. The zero-order valence-electron chi connectivity index (χ0n) is 8.76. The zero-order valence-corrected chi connectivity index (χ0v) is 8.76. The van der Waals surface area contributed by atoms with E-state index in [1.54, 1.807) is 14.2 Å². The normalized spacial score (nSPS) is 11.7. The molecule has 0 aromatic rings. The first-order valence-corrected chi connectivity index (χ1v) is 4.23. The number of ether oxygens (including phenoxy) is 2. The molecule has 0 atom stereocenters. The number of rotatable bonds is 6. The average molecular weight is 186 g/mol. The van der Waals surface area contributed by atoms with Crippen LogP contribution in [0.5, 0.6) is 0 Å². The quantitative estimate of drug-likeness (QED) is 0.622. The zero-order chi connectivity index (χ0) is 10.3. The molecule has 13 heavy (non-hydrogen) atoms. The van der Waals surface area contributed by atoms with Crippen LogP contribution < -0.4 is 5.32 Å². The van der Waals surface area contributed by atoms with Crippen molar-refractivity contribution in [3.63, 3.8) is 0 Å². The van der Waals surface area contributed by atoms with Gasteiger partial charge >= 0.3 is 0 Å². The molecule has 76 valence electrons. The number of hydrogen-bond acceptors (Lipinski definition) is 4. The van der Waals surface area contributed by atoms with Crippen molar-refractivity contribution in [2.45, 2.75) is 20.1 Å². The van der Waals surface area contributed by atoms with E-state index in [1.165, 1.54) is 0 Å². The largest absolute Gasteiger partial charge is 0.355 e. The average Bonchev–Trinajstić information content (AvgIpc) is 2.12. The Morgan fingerprint density at radius 3 is 2.31 bits per heavy atom. The van der Waals surface area contributed by atoms with Crippen LogP contribution in [0.2, 0.25) is 0 Å². The predicted octanol–water partition coefficient (Wildman–Crippen LogP) is 0.745. The van der Waals surface area contributed by atoms with Gasteiger partial charge in [0.1, 0.15) is 0 Å². The third kappa shape index (κ3) is 5.58. The van der Waals surface area contributed by atoms with E-state index in [-0.39, 0.29) is 11.7 Å². The maximum atomic E-state index is 8.72. The van der Waals surface area contributed by atoms with Crippen LogP contribution in [0.15, 0.2) is 0 Å². The molecule has 0 aromatic heterocycles. The van der Waals surface area contributed by atoms with Crippen LogP contribution in [0.4, 0.5) is 0 Å². The third-order valence-electron chi connectivity index (χ3n) is 1.71. The topological polar surface area (TPSA) is 54.3 Å². The molecule has 0 heterocycles. The van der Waals surface area contributed by atoms with Gasteiger partial charge in [-0.05, 0) is 13.8 Å². The standard InChI is InChI=1S/C9H18N2O2/c1-9(2,6-10)7-11-5-8(12-3)13-4/h8,11H,5,7H2,1-4H3. The van der Waals surface area contributed by atoms with Crippen LogP contribution in [-0.2, 0) is 9.47 Å². The highest BCUT2D eigenvalue weighted by molar-refractivity contribution is 4.93. The van der Waals surface area contributed by atoms with Gasteiger partial charge in [-0.1, -0.05) is 0 Å². The fourth-order valence-electron chi connectivity index (χ4n) is 0.805. The van der Waals surface area contributed by atoms with Gasteiger partial charge in [-0.2, -0.15) is 5.26 Å². The molecular formula is C9H18N2O2. The SMILES string of the molecule is COC(CNCC(C)(C)C#N)OC. The second kappa shape index (κ2) is 5.92. The van der Waals surface area contributed by atoms with Gasteiger partial charge in [0.15, 0.2) is 6.29 Å². The van der Waals surface area contributed by atoms with Gasteiger partial charge < -0.3 is 14.8 Å². The molecule has 0 saturated carbocycles. The van der Waals surface area contributed by atoms with Crippen molar-refractivity contribution in [3.05, 3.63) is 0 Å². The van der Waals surface area contributed by atoms with E-state index in [2.05, 4.69) is 11.4 Å². The smallest absolute Gasteiger partial charge is 0.169 e. The first-order valence-electron chi connectivity index (χ1n) is 4.23. The molecule has 0 aliphatic carbocycles. The van der Waals surface area contributed by atoms with E-state index in [4.69, 9.17) is 14.7 Å². The Morgan fingerprint density at radius 1 is 1.38 bits per heavy atom. The van der Waals surface area contributed by atoms with Gasteiger partial charge in [0.25, 0.3) is 0 Å². The van der Waals surface area contributed by atoms with Crippen molar-refractivity contribution >= 4 is 0 Å². The highest BCUT2D eigenvalue weighted by Crippen LogP contribution is 2.10. The summed E-state index contributed by atoms with van der Waals surface area (Å²) >= 11 is 0. The summed E-state index contributed by atoms with van der Waals surface area (Å²) < 4.78 is 9.96. The first kappa shape index (κ1) is 12.4. The Morgan fingerprint density at radius 2 is 1.92 bits per heavy atom. The number of nitrogens with zero attached hydrogens (tertiary/aromatic N) is 1. The Bertz CT molecular complexity index is 171. The molecule has 0 fully saturated rings. The van der Waals surface area contributed by atoms with Crippen molar-refractivity contribution in [1.29, 1.82) is 5.26 Å². The van der Waals surface area contributed by atoms with Crippen molar-refractivity contribution in [2.75, 3.05) is 27.3 Å². The van der Waals surface area contributed by atoms with Crippen LogP contribution in [0.1, 0.15) is 13.8 Å². The maximum Gasteiger partial charge on any atom is 0.169 e. The summed E-state index contributed by atoms with van der Waals surface area (Å²) in [6.07, 6.45) is -0.241. The maximum absolute atomic E-state index is 8.72. The second-order valence-corrected chi connectivity index (χ2v) is 3.53. The van der Waals surface area contributed by atoms with Crippen LogP contribution in [0.25, 0.3) is 0 Å². The molecule has 0 rings (SSSR count). The summed E-state index contributed by atoms with van der Waals surface area (Å²) in [5, 5.41) is 11.8. The lowest BCUT2D eigenvalue weighted by Gasteiger charge is -2.19. The summed E-state index contributed by atoms with van der Waals surface area (Å²) in [5.41, 5.74) is -0.341. The number of hydrogen-bond donors (Lipinski definition) is 1. The molecule has 0 saturated heterocycles. The van der Waals surface area contributed by atoms with Crippen LogP contribution in [-0.4, -0.2) is 33.6 Å². The van der Waals surface area contributed by atoms with Gasteiger partial charge in [-0.3, -0.25) is 0 Å². The molecule has 4 heteroatoms. The number of nitrogens with one attached hydrogen (secondary N) is 1. The second-order valence-electron chi connectivity index (χ2n) is 3.53. The van der Waals surface area contributed by atoms with E-state index in [0.29, 0.717) is 13.1 Å². The summed E-state index contributed by atoms with van der Waals surface area (Å²) in [5.74, 6) is 0. The van der Waals surface area contributed by atoms with E-state index in [9.17, 15) is 0 Å². The molecule has 0 radical (unpaired) electrons. The van der Waals surface area contributed by atoms with Gasteiger partial charge in [0.05, 0.1) is 11.5 Å². The molecule has 0 unspecified atom stereocenters. The summed E-state index contributed by atoms with van der Waals surface area (Å²) in [4.78, 5) is 0. The fourth-order valence-corrected chi connectivity index (χ4v) is 0.805. The minimum Gasteiger partial charge on any atom is -0.355 e. The summed E-state index contributed by atoms with van der Waals surface area (Å²) in [6.45, 7) is 4.99. The minimum atomic E-state index is -0.341. The number of methoxy groups -OCH3 is 2. The van der Waals surface area contributed by atoms with Crippen LogP contribution in [0, 0.1) is 16.7 Å². The minimum absolute atomic E-state index is 0.241. The first-order chi connectivity index (χ1) is 6.05. The lowest BCUT2D eigenvalue weighted by Crippen LogP contribution is -2.35. The van der Waals surface area contributed by atoms with Gasteiger partial charge in [0, 0.05) is 27.3 Å². The van der Waals surface area contributed by atoms with Crippen molar-refractivity contribution < 1.29 is 9.47 Å². The predicted molar refractivity (Wildman–Crippen MR) is 50.1 cm³/mol. The van der Waals surface area contributed by atoms with Gasteiger partial charge in [-0.25, -0.2) is 0 Å². The van der Waals surface area contributed by atoms with E-state index >= 15 is 0 Å². The van der Waals surface area contributed by atoms with Crippen molar-refractivity contribution in [2.24, 2.45) is 5.41 Å². The lowest BCUT2D eigenvalue weighted by molar-refractivity contribution is -0.0991. The Balaban J connectivity index is 3.62. The molecule has 0 aromatic carbocycles. The molecule has 0 aliphatic heterocycles. The van der Waals surface area contributed by atoms with Gasteiger partial charge in [0.2, 0.25) is 0 Å². The Hall–Kier alpha value is -0.630. The van der Waals surface area contributed by atoms with Crippen molar-refractivity contribution in [1.82, 2.24) is 5.32 Å². The molecule has 0 amide bonds. The van der Waals surface area contributed by atoms with E-state index in [0.717, 1.165) is 0 Å². The highest BCUT2D eigenvalue weighted by atomic mass is 16.7.